The minimum absolute atomic E-state index is 0.494. The molecule has 0 aromatic heterocycles. The van der Waals surface area contributed by atoms with Gasteiger partial charge in [0, 0.05) is 13.2 Å². The SMILES string of the molecule is CC(C)CNCCCCCCN(C)CC1CCCCO1. The molecule has 1 aliphatic rings. The van der Waals surface area contributed by atoms with Crippen LogP contribution in [0.15, 0.2) is 0 Å². The molecule has 1 fully saturated rings. The van der Waals surface area contributed by atoms with Gasteiger partial charge in [-0.15, -0.1) is 0 Å². The molecule has 3 heteroatoms. The molecule has 1 atom stereocenters. The second-order valence-corrected chi connectivity index (χ2v) is 6.76. The molecule has 1 saturated heterocycles. The second-order valence-electron chi connectivity index (χ2n) is 6.76. The van der Waals surface area contributed by atoms with Gasteiger partial charge in [0.15, 0.2) is 0 Å². The van der Waals surface area contributed by atoms with Gasteiger partial charge < -0.3 is 15.0 Å². The van der Waals surface area contributed by atoms with Crippen molar-refractivity contribution in [3.8, 4) is 0 Å². The fourth-order valence-electron chi connectivity index (χ4n) is 2.77. The Bertz CT molecular complexity index is 215. The van der Waals surface area contributed by atoms with Crippen LogP contribution in [0.25, 0.3) is 0 Å². The minimum atomic E-state index is 0.494. The molecule has 0 aliphatic carbocycles. The molecule has 3 nitrogen and oxygen atoms in total. The van der Waals surface area contributed by atoms with Crippen LogP contribution in [0, 0.1) is 5.92 Å². The number of rotatable bonds is 11. The van der Waals surface area contributed by atoms with Gasteiger partial charge in [-0.1, -0.05) is 26.7 Å². The smallest absolute Gasteiger partial charge is 0.0701 e. The fraction of sp³-hybridized carbons (Fsp3) is 1.00. The van der Waals surface area contributed by atoms with Crippen LogP contribution in [0.2, 0.25) is 0 Å². The zero-order valence-corrected chi connectivity index (χ0v) is 14.0. The Hall–Kier alpha value is -0.120. The van der Waals surface area contributed by atoms with Gasteiger partial charge in [0.2, 0.25) is 0 Å². The number of hydrogen-bond acceptors (Lipinski definition) is 3. The van der Waals surface area contributed by atoms with Crippen LogP contribution in [0.1, 0.15) is 58.8 Å². The van der Waals surface area contributed by atoms with E-state index in [1.54, 1.807) is 0 Å². The van der Waals surface area contributed by atoms with E-state index < -0.39 is 0 Å². The van der Waals surface area contributed by atoms with Crippen LogP contribution in [-0.2, 0) is 4.74 Å². The van der Waals surface area contributed by atoms with Crippen LogP contribution >= 0.6 is 0 Å². The summed E-state index contributed by atoms with van der Waals surface area (Å²) in [6.07, 6.45) is 9.72. The summed E-state index contributed by atoms with van der Waals surface area (Å²) in [7, 11) is 2.24. The average molecular weight is 284 g/mol. The molecule has 1 N–H and O–H groups in total. The van der Waals surface area contributed by atoms with Gasteiger partial charge in [-0.3, -0.25) is 0 Å². The molecule has 120 valence electrons. The molecule has 0 amide bonds. The second kappa shape index (κ2) is 11.5. The van der Waals surface area contributed by atoms with Crippen molar-refractivity contribution >= 4 is 0 Å². The molecule has 20 heavy (non-hydrogen) atoms. The Morgan fingerprint density at radius 1 is 1.15 bits per heavy atom. The summed E-state index contributed by atoms with van der Waals surface area (Å²) in [4.78, 5) is 2.45. The van der Waals surface area contributed by atoms with Gasteiger partial charge in [0.05, 0.1) is 6.10 Å². The standard InChI is InChI=1S/C17H36N2O/c1-16(2)14-18-11-7-4-5-8-12-19(3)15-17-10-6-9-13-20-17/h16-18H,4-15H2,1-3H3. The Labute approximate surface area is 126 Å². The largest absolute Gasteiger partial charge is 0.377 e. The van der Waals surface area contributed by atoms with E-state index in [0.29, 0.717) is 6.10 Å². The summed E-state index contributed by atoms with van der Waals surface area (Å²) in [5, 5.41) is 3.51. The maximum absolute atomic E-state index is 5.79. The highest BCUT2D eigenvalue weighted by Crippen LogP contribution is 2.13. The van der Waals surface area contributed by atoms with Crippen molar-refractivity contribution < 1.29 is 4.74 Å². The number of hydrogen-bond donors (Lipinski definition) is 1. The highest BCUT2D eigenvalue weighted by atomic mass is 16.5. The van der Waals surface area contributed by atoms with Gasteiger partial charge in [-0.25, -0.2) is 0 Å². The number of ether oxygens (including phenoxy) is 1. The maximum atomic E-state index is 5.79. The lowest BCUT2D eigenvalue weighted by Crippen LogP contribution is -2.33. The van der Waals surface area contributed by atoms with Crippen LogP contribution < -0.4 is 5.32 Å². The van der Waals surface area contributed by atoms with Crippen molar-refractivity contribution in [3.05, 3.63) is 0 Å². The van der Waals surface area contributed by atoms with Crippen molar-refractivity contribution in [2.45, 2.75) is 64.9 Å². The van der Waals surface area contributed by atoms with Gasteiger partial charge in [0.25, 0.3) is 0 Å². The predicted molar refractivity (Wildman–Crippen MR) is 87.3 cm³/mol. The Morgan fingerprint density at radius 2 is 1.95 bits per heavy atom. The van der Waals surface area contributed by atoms with E-state index in [1.165, 1.54) is 58.0 Å². The van der Waals surface area contributed by atoms with E-state index in [2.05, 4.69) is 31.1 Å². The van der Waals surface area contributed by atoms with Crippen LogP contribution in [0.3, 0.4) is 0 Å². The topological polar surface area (TPSA) is 24.5 Å². The van der Waals surface area contributed by atoms with Crippen molar-refractivity contribution in [2.24, 2.45) is 5.92 Å². The van der Waals surface area contributed by atoms with Gasteiger partial charge in [-0.2, -0.15) is 0 Å². The monoisotopic (exact) mass is 284 g/mol. The Kier molecular flexibility index (Phi) is 10.3. The van der Waals surface area contributed by atoms with E-state index in [1.807, 2.05) is 0 Å². The van der Waals surface area contributed by atoms with E-state index >= 15 is 0 Å². The molecule has 0 saturated carbocycles. The zero-order chi connectivity index (χ0) is 14.6. The summed E-state index contributed by atoms with van der Waals surface area (Å²) >= 11 is 0. The highest BCUT2D eigenvalue weighted by Gasteiger charge is 2.15. The third-order valence-corrected chi connectivity index (χ3v) is 3.99. The minimum Gasteiger partial charge on any atom is -0.377 e. The fourth-order valence-corrected chi connectivity index (χ4v) is 2.77. The molecule has 1 aliphatic heterocycles. The third kappa shape index (κ3) is 9.73. The predicted octanol–water partition coefficient (Wildman–Crippen LogP) is 3.29. The number of nitrogens with one attached hydrogen (secondary N) is 1. The van der Waals surface area contributed by atoms with Crippen molar-refractivity contribution in [2.75, 3.05) is 39.8 Å². The van der Waals surface area contributed by atoms with E-state index in [-0.39, 0.29) is 0 Å². The lowest BCUT2D eigenvalue weighted by Gasteiger charge is -2.27. The lowest BCUT2D eigenvalue weighted by atomic mass is 10.1. The number of likely N-dealkylation sites (N-methyl/N-ethyl adjacent to an activating group) is 1. The first kappa shape index (κ1) is 17.9. The lowest BCUT2D eigenvalue weighted by molar-refractivity contribution is -0.00160. The summed E-state index contributed by atoms with van der Waals surface area (Å²) in [5.41, 5.74) is 0. The van der Waals surface area contributed by atoms with Crippen LogP contribution in [-0.4, -0.2) is 50.8 Å². The first-order valence-corrected chi connectivity index (χ1v) is 8.69. The normalized spacial score (nSPS) is 19.9. The third-order valence-electron chi connectivity index (χ3n) is 3.99. The molecular weight excluding hydrogens is 248 g/mol. The Balaban J connectivity index is 1.85. The summed E-state index contributed by atoms with van der Waals surface area (Å²) < 4.78 is 5.79. The van der Waals surface area contributed by atoms with Gasteiger partial charge in [-0.05, 0) is 64.7 Å². The summed E-state index contributed by atoms with van der Waals surface area (Å²) in [6.45, 7) is 10.2. The molecule has 0 radical (unpaired) electrons. The number of unbranched alkanes of at least 4 members (excludes halogenated alkanes) is 3. The van der Waals surface area contributed by atoms with Gasteiger partial charge in [0.1, 0.15) is 0 Å². The van der Waals surface area contributed by atoms with E-state index in [4.69, 9.17) is 4.74 Å². The maximum Gasteiger partial charge on any atom is 0.0701 e. The van der Waals surface area contributed by atoms with E-state index in [0.717, 1.165) is 25.6 Å². The molecule has 1 heterocycles. The number of nitrogens with zero attached hydrogens (tertiary/aromatic N) is 1. The first-order valence-electron chi connectivity index (χ1n) is 8.69. The van der Waals surface area contributed by atoms with Crippen molar-refractivity contribution in [1.82, 2.24) is 10.2 Å². The zero-order valence-electron chi connectivity index (χ0n) is 14.0. The molecule has 0 aromatic rings. The van der Waals surface area contributed by atoms with Gasteiger partial charge >= 0.3 is 0 Å². The van der Waals surface area contributed by atoms with Crippen LogP contribution in [0.4, 0.5) is 0 Å². The molecule has 1 unspecified atom stereocenters. The van der Waals surface area contributed by atoms with E-state index in [9.17, 15) is 0 Å². The summed E-state index contributed by atoms with van der Waals surface area (Å²) in [5.74, 6) is 0.769. The quantitative estimate of drug-likeness (QED) is 0.589. The van der Waals surface area contributed by atoms with Crippen LogP contribution in [0.5, 0.6) is 0 Å². The molecular formula is C17H36N2O. The highest BCUT2D eigenvalue weighted by molar-refractivity contribution is 4.67. The van der Waals surface area contributed by atoms with Crippen molar-refractivity contribution in [3.63, 3.8) is 0 Å². The molecule has 0 spiro atoms. The Morgan fingerprint density at radius 3 is 2.65 bits per heavy atom. The van der Waals surface area contributed by atoms with Crippen molar-refractivity contribution in [1.29, 1.82) is 0 Å². The molecule has 0 bridgehead atoms. The average Bonchev–Trinajstić information content (AvgIpc) is 2.42. The molecule has 0 aromatic carbocycles. The molecule has 1 rings (SSSR count). The summed E-state index contributed by atoms with van der Waals surface area (Å²) in [6, 6.07) is 0. The first-order chi connectivity index (χ1) is 9.68.